The first-order valence-corrected chi connectivity index (χ1v) is 13.4. The average molecular weight is 499 g/mol. The third-order valence-corrected chi connectivity index (χ3v) is 8.83. The zero-order valence-electron chi connectivity index (χ0n) is 22.2. The van der Waals surface area contributed by atoms with Crippen LogP contribution in [0.4, 0.5) is 10.5 Å². The summed E-state index contributed by atoms with van der Waals surface area (Å²) in [6.45, 7) is 13.6. The standard InChI is InChI=1S/C28H42N4O4/c1-19-17-21(22-6-8-24(33)29-25(22)34)5-7-23(19)32-15-13-31(14-16-32)18-20-9-11-28(12-10-20,27(2,3)4)30-26(35)36/h5,7,17,20,22,30H,6,8-16,18H2,1-4H3,(H,35,36)(H,29,33,34). The summed E-state index contributed by atoms with van der Waals surface area (Å²) in [5, 5.41) is 14.7. The number of benzene rings is 1. The van der Waals surface area contributed by atoms with Crippen molar-refractivity contribution in [2.24, 2.45) is 11.3 Å². The zero-order chi connectivity index (χ0) is 26.1. The van der Waals surface area contributed by atoms with E-state index in [9.17, 15) is 19.5 Å². The van der Waals surface area contributed by atoms with Crippen LogP contribution in [0.3, 0.4) is 0 Å². The van der Waals surface area contributed by atoms with Gasteiger partial charge in [0.15, 0.2) is 0 Å². The summed E-state index contributed by atoms with van der Waals surface area (Å²) in [6, 6.07) is 6.28. The lowest BCUT2D eigenvalue weighted by Gasteiger charge is -2.49. The molecule has 198 valence electrons. The predicted octanol–water partition coefficient (Wildman–Crippen LogP) is 3.88. The first kappa shape index (κ1) is 26.5. The fourth-order valence-corrected chi connectivity index (χ4v) is 6.42. The number of piperidine rings is 1. The van der Waals surface area contributed by atoms with Crippen molar-refractivity contribution in [1.29, 1.82) is 0 Å². The maximum atomic E-state index is 12.3. The first-order chi connectivity index (χ1) is 17.0. The van der Waals surface area contributed by atoms with Crippen molar-refractivity contribution in [1.82, 2.24) is 15.5 Å². The van der Waals surface area contributed by atoms with E-state index in [2.05, 4.69) is 60.3 Å². The fourth-order valence-electron chi connectivity index (χ4n) is 6.42. The first-order valence-electron chi connectivity index (χ1n) is 13.4. The minimum atomic E-state index is -0.917. The Balaban J connectivity index is 1.29. The Bertz CT molecular complexity index is 986. The molecule has 1 aliphatic carbocycles. The second kappa shape index (κ2) is 10.4. The normalized spacial score (nSPS) is 28.1. The summed E-state index contributed by atoms with van der Waals surface area (Å²) in [7, 11) is 0. The molecule has 1 saturated carbocycles. The zero-order valence-corrected chi connectivity index (χ0v) is 22.2. The smallest absolute Gasteiger partial charge is 0.405 e. The van der Waals surface area contributed by atoms with Crippen LogP contribution in [0.25, 0.3) is 0 Å². The van der Waals surface area contributed by atoms with Crippen LogP contribution in [-0.4, -0.2) is 66.2 Å². The van der Waals surface area contributed by atoms with Gasteiger partial charge in [-0.3, -0.25) is 19.8 Å². The van der Waals surface area contributed by atoms with Gasteiger partial charge in [-0.25, -0.2) is 4.79 Å². The van der Waals surface area contributed by atoms with E-state index in [1.54, 1.807) is 0 Å². The summed E-state index contributed by atoms with van der Waals surface area (Å²) in [4.78, 5) is 40.2. The molecule has 3 aliphatic rings. The molecule has 8 nitrogen and oxygen atoms in total. The van der Waals surface area contributed by atoms with Gasteiger partial charge in [-0.1, -0.05) is 32.9 Å². The number of rotatable bonds is 5. The van der Waals surface area contributed by atoms with E-state index >= 15 is 0 Å². The van der Waals surface area contributed by atoms with E-state index in [4.69, 9.17) is 0 Å². The predicted molar refractivity (Wildman–Crippen MR) is 140 cm³/mol. The molecule has 2 aliphatic heterocycles. The Kier molecular flexibility index (Phi) is 7.64. The highest BCUT2D eigenvalue weighted by atomic mass is 16.4. The molecule has 3 fully saturated rings. The van der Waals surface area contributed by atoms with Crippen LogP contribution in [0.15, 0.2) is 18.2 Å². The number of amides is 3. The SMILES string of the molecule is Cc1cc(C2CCC(=O)NC2=O)ccc1N1CCN(CC2CCC(NC(=O)O)(C(C)(C)C)CC2)CC1. The lowest BCUT2D eigenvalue weighted by atomic mass is 9.63. The number of carboxylic acid groups (broad SMARTS) is 1. The summed E-state index contributed by atoms with van der Waals surface area (Å²) in [5.74, 6) is -0.00276. The number of hydrogen-bond donors (Lipinski definition) is 3. The Morgan fingerprint density at radius 2 is 1.78 bits per heavy atom. The Morgan fingerprint density at radius 1 is 1.11 bits per heavy atom. The molecule has 1 aromatic rings. The molecule has 1 unspecified atom stereocenters. The number of imide groups is 1. The number of carbonyl (C=O) groups is 3. The molecule has 4 rings (SSSR count). The molecular formula is C28H42N4O4. The molecule has 0 bridgehead atoms. The van der Waals surface area contributed by atoms with Crippen molar-refractivity contribution < 1.29 is 19.5 Å². The highest BCUT2D eigenvalue weighted by Crippen LogP contribution is 2.44. The van der Waals surface area contributed by atoms with Crippen molar-refractivity contribution in [2.75, 3.05) is 37.6 Å². The van der Waals surface area contributed by atoms with Gasteiger partial charge in [0, 0.05) is 50.4 Å². The third kappa shape index (κ3) is 5.69. The van der Waals surface area contributed by atoms with Crippen LogP contribution in [-0.2, 0) is 9.59 Å². The van der Waals surface area contributed by atoms with Crippen molar-refractivity contribution in [3.05, 3.63) is 29.3 Å². The highest BCUT2D eigenvalue weighted by molar-refractivity contribution is 6.01. The van der Waals surface area contributed by atoms with Crippen LogP contribution in [0.5, 0.6) is 0 Å². The molecule has 1 atom stereocenters. The van der Waals surface area contributed by atoms with E-state index in [-0.39, 0.29) is 28.7 Å². The monoisotopic (exact) mass is 498 g/mol. The molecule has 0 spiro atoms. The lowest BCUT2D eigenvalue weighted by molar-refractivity contribution is -0.134. The van der Waals surface area contributed by atoms with Crippen molar-refractivity contribution in [2.45, 2.75) is 77.7 Å². The maximum absolute atomic E-state index is 12.3. The van der Waals surface area contributed by atoms with Crippen molar-refractivity contribution in [3.8, 4) is 0 Å². The van der Waals surface area contributed by atoms with Gasteiger partial charge in [-0.2, -0.15) is 0 Å². The van der Waals surface area contributed by atoms with Crippen LogP contribution < -0.4 is 15.5 Å². The van der Waals surface area contributed by atoms with Gasteiger partial charge in [-0.05, 0) is 67.6 Å². The van der Waals surface area contributed by atoms with E-state index < -0.39 is 6.09 Å². The number of hydrogen-bond acceptors (Lipinski definition) is 5. The molecule has 36 heavy (non-hydrogen) atoms. The molecule has 3 amide bonds. The van der Waals surface area contributed by atoms with Crippen LogP contribution in [0.2, 0.25) is 0 Å². The van der Waals surface area contributed by atoms with Gasteiger partial charge in [0.25, 0.3) is 0 Å². The van der Waals surface area contributed by atoms with Gasteiger partial charge in [-0.15, -0.1) is 0 Å². The summed E-state index contributed by atoms with van der Waals surface area (Å²) < 4.78 is 0. The Hall–Kier alpha value is -2.61. The van der Waals surface area contributed by atoms with Gasteiger partial charge in [0.05, 0.1) is 5.92 Å². The Labute approximate surface area is 214 Å². The lowest BCUT2D eigenvalue weighted by Crippen LogP contribution is -2.59. The van der Waals surface area contributed by atoms with E-state index in [0.717, 1.165) is 64.0 Å². The van der Waals surface area contributed by atoms with Gasteiger partial charge >= 0.3 is 6.09 Å². The number of carbonyl (C=O) groups excluding carboxylic acids is 2. The topological polar surface area (TPSA) is 102 Å². The van der Waals surface area contributed by atoms with Crippen LogP contribution >= 0.6 is 0 Å². The number of piperazine rings is 1. The summed E-state index contributed by atoms with van der Waals surface area (Å²) >= 11 is 0. The van der Waals surface area contributed by atoms with Crippen LogP contribution in [0.1, 0.15) is 76.3 Å². The second-order valence-electron chi connectivity index (χ2n) is 12.0. The molecular weight excluding hydrogens is 456 g/mol. The van der Waals surface area contributed by atoms with E-state index in [1.165, 1.54) is 11.3 Å². The molecule has 0 aromatic heterocycles. The maximum Gasteiger partial charge on any atom is 0.405 e. The molecule has 2 saturated heterocycles. The molecule has 3 N–H and O–H groups in total. The van der Waals surface area contributed by atoms with E-state index in [1.807, 2.05) is 6.07 Å². The largest absolute Gasteiger partial charge is 0.465 e. The van der Waals surface area contributed by atoms with Crippen LogP contribution in [0, 0.1) is 18.3 Å². The molecule has 1 aromatic carbocycles. The van der Waals surface area contributed by atoms with Gasteiger partial charge in [0.1, 0.15) is 0 Å². The Morgan fingerprint density at radius 3 is 2.33 bits per heavy atom. The molecule has 8 heteroatoms. The number of nitrogens with zero attached hydrogens (tertiary/aromatic N) is 2. The van der Waals surface area contributed by atoms with Gasteiger partial charge in [0.2, 0.25) is 11.8 Å². The summed E-state index contributed by atoms with van der Waals surface area (Å²) in [6.07, 6.45) is 3.95. The third-order valence-electron chi connectivity index (χ3n) is 8.83. The van der Waals surface area contributed by atoms with E-state index in [0.29, 0.717) is 18.8 Å². The minimum Gasteiger partial charge on any atom is -0.465 e. The molecule has 0 radical (unpaired) electrons. The summed E-state index contributed by atoms with van der Waals surface area (Å²) in [5.41, 5.74) is 2.93. The van der Waals surface area contributed by atoms with Crippen molar-refractivity contribution >= 4 is 23.6 Å². The number of anilines is 1. The van der Waals surface area contributed by atoms with Crippen molar-refractivity contribution in [3.63, 3.8) is 0 Å². The number of aryl methyl sites for hydroxylation is 1. The average Bonchev–Trinajstić information content (AvgIpc) is 2.80. The number of nitrogens with one attached hydrogen (secondary N) is 2. The second-order valence-corrected chi connectivity index (χ2v) is 12.0. The minimum absolute atomic E-state index is 0.104. The molecule has 2 heterocycles. The fraction of sp³-hybridized carbons (Fsp3) is 0.679. The van der Waals surface area contributed by atoms with Gasteiger partial charge < -0.3 is 15.3 Å². The quantitative estimate of drug-likeness (QED) is 0.533. The highest BCUT2D eigenvalue weighted by Gasteiger charge is 2.45.